The molecule has 0 aliphatic heterocycles. The van der Waals surface area contributed by atoms with Crippen molar-refractivity contribution in [3.8, 4) is 0 Å². The number of hydrogen-bond donors (Lipinski definition) is 2. The van der Waals surface area contributed by atoms with E-state index in [1.54, 1.807) is 0 Å². The van der Waals surface area contributed by atoms with Crippen LogP contribution >= 0.6 is 0 Å². The van der Waals surface area contributed by atoms with Gasteiger partial charge in [0.25, 0.3) is 0 Å². The highest BCUT2D eigenvalue weighted by Crippen LogP contribution is 2.23. The predicted octanol–water partition coefficient (Wildman–Crippen LogP) is 5.48. The first-order valence-electron chi connectivity index (χ1n) is 10.3. The van der Waals surface area contributed by atoms with Crippen LogP contribution in [0.3, 0.4) is 0 Å². The summed E-state index contributed by atoms with van der Waals surface area (Å²) in [4.78, 5) is 24.0. The molecule has 4 nitrogen and oxygen atoms in total. The second-order valence-corrected chi connectivity index (χ2v) is 7.09. The highest BCUT2D eigenvalue weighted by atomic mass is 16.3. The van der Waals surface area contributed by atoms with Crippen LogP contribution in [0.5, 0.6) is 0 Å². The number of aliphatic hydroxyl groups excluding tert-OH is 1. The fourth-order valence-electron chi connectivity index (χ4n) is 3.16. The Morgan fingerprint density at radius 3 is 2.04 bits per heavy atom. The molecule has 0 aromatic heterocycles. The molecule has 27 heavy (non-hydrogen) atoms. The standard InChI is InChI=1S/C23H35NO3/c1-3-5-7-9-10-11-12-13-14-16-19-22(26)20(18-21(25)23(19)27)24-17-15-8-6-4-2/h3-4,18,24,26H,1-2,5-17H2. The average Bonchev–Trinajstić information content (AvgIpc) is 2.66. The quantitative estimate of drug-likeness (QED) is 0.163. The van der Waals surface area contributed by atoms with E-state index >= 15 is 0 Å². The summed E-state index contributed by atoms with van der Waals surface area (Å²) in [6, 6.07) is 0. The molecule has 0 saturated heterocycles. The molecule has 0 heterocycles. The minimum Gasteiger partial charge on any atom is -0.505 e. The summed E-state index contributed by atoms with van der Waals surface area (Å²) >= 11 is 0. The summed E-state index contributed by atoms with van der Waals surface area (Å²) in [7, 11) is 0. The number of aliphatic hydroxyl groups is 1. The first-order chi connectivity index (χ1) is 13.1. The molecule has 0 saturated carbocycles. The average molecular weight is 374 g/mol. The van der Waals surface area contributed by atoms with E-state index in [1.165, 1.54) is 31.8 Å². The minimum atomic E-state index is -0.561. The maximum Gasteiger partial charge on any atom is 0.232 e. The molecule has 0 amide bonds. The van der Waals surface area contributed by atoms with Crippen LogP contribution < -0.4 is 5.32 Å². The molecule has 1 rings (SSSR count). The molecular weight excluding hydrogens is 338 g/mol. The van der Waals surface area contributed by atoms with E-state index in [0.717, 1.165) is 44.9 Å². The van der Waals surface area contributed by atoms with Gasteiger partial charge in [0.2, 0.25) is 11.6 Å². The first-order valence-corrected chi connectivity index (χ1v) is 10.3. The van der Waals surface area contributed by atoms with Crippen molar-refractivity contribution in [3.63, 3.8) is 0 Å². The molecule has 0 aromatic carbocycles. The maximum absolute atomic E-state index is 12.1. The van der Waals surface area contributed by atoms with Crippen LogP contribution in [0.15, 0.2) is 48.4 Å². The molecule has 0 aromatic rings. The van der Waals surface area contributed by atoms with Crippen LogP contribution in [0.4, 0.5) is 0 Å². The smallest absolute Gasteiger partial charge is 0.232 e. The lowest BCUT2D eigenvalue weighted by atomic mass is 9.93. The number of nitrogens with one attached hydrogen (secondary N) is 1. The van der Waals surface area contributed by atoms with Crippen molar-refractivity contribution in [2.75, 3.05) is 6.54 Å². The molecule has 150 valence electrons. The van der Waals surface area contributed by atoms with E-state index in [9.17, 15) is 14.7 Å². The van der Waals surface area contributed by atoms with Crippen LogP contribution in [0.2, 0.25) is 0 Å². The van der Waals surface area contributed by atoms with Gasteiger partial charge in [0.05, 0.1) is 5.70 Å². The van der Waals surface area contributed by atoms with Gasteiger partial charge in [-0.15, -0.1) is 13.2 Å². The van der Waals surface area contributed by atoms with Crippen molar-refractivity contribution >= 4 is 11.6 Å². The lowest BCUT2D eigenvalue weighted by molar-refractivity contribution is -0.132. The normalized spacial score (nSPS) is 14.3. The first kappa shape index (κ1) is 22.9. The fraction of sp³-hybridized carbons (Fsp3) is 0.565. The van der Waals surface area contributed by atoms with Gasteiger partial charge in [-0.3, -0.25) is 9.59 Å². The molecule has 0 unspecified atom stereocenters. The molecule has 1 aliphatic rings. The number of unbranched alkanes of at least 4 members (excludes halogenated alkanes) is 9. The molecular formula is C23H35NO3. The topological polar surface area (TPSA) is 66.4 Å². The number of carbonyl (C=O) groups is 2. The Kier molecular flexibility index (Phi) is 11.9. The van der Waals surface area contributed by atoms with Crippen LogP contribution in [0, 0.1) is 0 Å². The molecule has 0 bridgehead atoms. The van der Waals surface area contributed by atoms with Crippen LogP contribution in [-0.4, -0.2) is 23.2 Å². The monoisotopic (exact) mass is 373 g/mol. The zero-order valence-electron chi connectivity index (χ0n) is 16.6. The van der Waals surface area contributed by atoms with Gasteiger partial charge in [0.1, 0.15) is 5.76 Å². The van der Waals surface area contributed by atoms with E-state index in [1.807, 2.05) is 12.2 Å². The summed E-state index contributed by atoms with van der Waals surface area (Å²) in [5, 5.41) is 13.5. The van der Waals surface area contributed by atoms with Crippen molar-refractivity contribution in [2.45, 2.75) is 77.0 Å². The molecule has 4 heteroatoms. The molecule has 1 aliphatic carbocycles. The van der Waals surface area contributed by atoms with E-state index in [4.69, 9.17) is 0 Å². The van der Waals surface area contributed by atoms with Gasteiger partial charge in [-0.2, -0.15) is 0 Å². The van der Waals surface area contributed by atoms with Crippen LogP contribution in [0.25, 0.3) is 0 Å². The highest BCUT2D eigenvalue weighted by molar-refractivity contribution is 6.48. The fourth-order valence-corrected chi connectivity index (χ4v) is 3.16. The number of allylic oxidation sites excluding steroid dienone is 4. The number of carbonyl (C=O) groups excluding carboxylic acids is 2. The van der Waals surface area contributed by atoms with Gasteiger partial charge >= 0.3 is 0 Å². The molecule has 0 atom stereocenters. The molecule has 0 fully saturated rings. The van der Waals surface area contributed by atoms with E-state index in [0.29, 0.717) is 18.7 Å². The van der Waals surface area contributed by atoms with E-state index < -0.39 is 11.6 Å². The third kappa shape index (κ3) is 8.89. The Bertz CT molecular complexity index is 572. The van der Waals surface area contributed by atoms with Crippen molar-refractivity contribution in [3.05, 3.63) is 48.4 Å². The van der Waals surface area contributed by atoms with Crippen LogP contribution in [0.1, 0.15) is 77.0 Å². The Morgan fingerprint density at radius 2 is 1.41 bits per heavy atom. The maximum atomic E-state index is 12.1. The van der Waals surface area contributed by atoms with Crippen molar-refractivity contribution in [1.82, 2.24) is 5.32 Å². The van der Waals surface area contributed by atoms with Gasteiger partial charge in [-0.25, -0.2) is 0 Å². The Balaban J connectivity index is 2.37. The van der Waals surface area contributed by atoms with Gasteiger partial charge in [0, 0.05) is 18.2 Å². The second-order valence-electron chi connectivity index (χ2n) is 7.09. The summed E-state index contributed by atoms with van der Waals surface area (Å²) < 4.78 is 0. The van der Waals surface area contributed by atoms with Crippen molar-refractivity contribution in [1.29, 1.82) is 0 Å². The number of hydrogen-bond acceptors (Lipinski definition) is 4. The summed E-state index contributed by atoms with van der Waals surface area (Å²) in [5.74, 6) is -1.15. The van der Waals surface area contributed by atoms with E-state index in [2.05, 4.69) is 18.5 Å². The van der Waals surface area contributed by atoms with Gasteiger partial charge < -0.3 is 10.4 Å². The molecule has 0 spiro atoms. The summed E-state index contributed by atoms with van der Waals surface area (Å²) in [6.45, 7) is 8.07. The van der Waals surface area contributed by atoms with E-state index in [-0.39, 0.29) is 11.3 Å². The predicted molar refractivity (Wildman–Crippen MR) is 112 cm³/mol. The number of ketones is 2. The van der Waals surface area contributed by atoms with Crippen LogP contribution in [-0.2, 0) is 9.59 Å². The van der Waals surface area contributed by atoms with Gasteiger partial charge in [0.15, 0.2) is 0 Å². The third-order valence-electron chi connectivity index (χ3n) is 4.80. The lowest BCUT2D eigenvalue weighted by Crippen LogP contribution is -2.27. The third-order valence-corrected chi connectivity index (χ3v) is 4.80. The highest BCUT2D eigenvalue weighted by Gasteiger charge is 2.28. The molecule has 2 N–H and O–H groups in total. The van der Waals surface area contributed by atoms with Gasteiger partial charge in [-0.1, -0.05) is 44.3 Å². The minimum absolute atomic E-state index is 0.0484. The Labute approximate surface area is 164 Å². The number of Topliss-reactive ketones (excluding diaryl/α,β-unsaturated/α-hetero) is 1. The Hall–Kier alpha value is -2.10. The Morgan fingerprint density at radius 1 is 0.852 bits per heavy atom. The van der Waals surface area contributed by atoms with Crippen molar-refractivity contribution < 1.29 is 14.7 Å². The summed E-state index contributed by atoms with van der Waals surface area (Å²) in [5.41, 5.74) is 0.650. The zero-order valence-corrected chi connectivity index (χ0v) is 16.6. The number of rotatable bonds is 16. The second kappa shape index (κ2) is 14.0. The summed E-state index contributed by atoms with van der Waals surface area (Å²) in [6.07, 6.45) is 17.3. The van der Waals surface area contributed by atoms with Crippen molar-refractivity contribution in [2.24, 2.45) is 0 Å². The SMILES string of the molecule is C=CCCCCCCCCCC1=C(O)C(NCCCCC=C)=CC(=O)C1=O. The zero-order chi connectivity index (χ0) is 19.9. The lowest BCUT2D eigenvalue weighted by Gasteiger charge is -2.17. The largest absolute Gasteiger partial charge is 0.505 e. The van der Waals surface area contributed by atoms with Gasteiger partial charge in [-0.05, 0) is 44.9 Å². The molecule has 0 radical (unpaired) electrons.